The highest BCUT2D eigenvalue weighted by molar-refractivity contribution is 6.60. The van der Waals surface area contributed by atoms with Crippen molar-refractivity contribution < 1.29 is 8.78 Å². The van der Waals surface area contributed by atoms with Gasteiger partial charge >= 0.3 is 0 Å². The quantitative estimate of drug-likeness (QED) is 0.431. The van der Waals surface area contributed by atoms with Crippen molar-refractivity contribution in [1.82, 2.24) is 0 Å². The van der Waals surface area contributed by atoms with Crippen LogP contribution < -0.4 is 0 Å². The van der Waals surface area contributed by atoms with Crippen molar-refractivity contribution in [3.63, 3.8) is 0 Å². The van der Waals surface area contributed by atoms with Gasteiger partial charge in [0.05, 0.1) is 0 Å². The molecule has 1 aliphatic heterocycles. The summed E-state index contributed by atoms with van der Waals surface area (Å²) in [5, 5.41) is 0. The van der Waals surface area contributed by atoms with Crippen molar-refractivity contribution >= 4 is 14.6 Å². The lowest BCUT2D eigenvalue weighted by molar-refractivity contribution is 0.692. The summed E-state index contributed by atoms with van der Waals surface area (Å²) in [4.78, 5) is 0. The lowest BCUT2D eigenvalue weighted by Gasteiger charge is -1.89. The van der Waals surface area contributed by atoms with Crippen molar-refractivity contribution in [2.24, 2.45) is 0 Å². The zero-order chi connectivity index (χ0) is 5.98. The molecule has 1 rings (SSSR count). The number of hydrogen-bond acceptors (Lipinski definition) is 0. The number of hydrogen-bond donors (Lipinski definition) is 0. The molecule has 0 N–H and O–H groups in total. The van der Waals surface area contributed by atoms with Gasteiger partial charge in [-0.2, -0.15) is 0 Å². The Kier molecular flexibility index (Phi) is 1.48. The Labute approximate surface area is 48.0 Å². The molecule has 1 heterocycles. The molecule has 1 radical (unpaired) electrons. The molecule has 0 fully saturated rings. The fourth-order valence-corrected chi connectivity index (χ4v) is 1.00. The molecule has 0 saturated heterocycles. The van der Waals surface area contributed by atoms with E-state index < -0.39 is 9.13 Å². The van der Waals surface area contributed by atoms with Gasteiger partial charge in [-0.05, 0) is 12.2 Å². The van der Waals surface area contributed by atoms with Crippen LogP contribution in [0.2, 0.25) is 0 Å². The predicted octanol–water partition coefficient (Wildman–Crippen LogP) is 1.17. The summed E-state index contributed by atoms with van der Waals surface area (Å²) < 4.78 is 24.0. The first-order chi connectivity index (χ1) is 3.79. The van der Waals surface area contributed by atoms with Gasteiger partial charge in [0.15, 0.2) is 0 Å². The van der Waals surface area contributed by atoms with E-state index in [1.807, 2.05) is 0 Å². The van der Waals surface area contributed by atoms with E-state index in [1.165, 1.54) is 18.2 Å². The molecular weight excluding hydrogens is 126 g/mol. The van der Waals surface area contributed by atoms with E-state index in [2.05, 4.69) is 0 Å². The first-order valence-corrected chi connectivity index (χ1v) is 3.12. The fraction of sp³-hybridized carbons (Fsp3) is 0. The predicted molar refractivity (Wildman–Crippen MR) is 30.2 cm³/mol. The molecule has 0 saturated carbocycles. The van der Waals surface area contributed by atoms with E-state index in [0.717, 1.165) is 0 Å². The molecular formula is C5H3F2Si. The summed E-state index contributed by atoms with van der Waals surface area (Å²) in [6.45, 7) is 0. The monoisotopic (exact) mass is 129 g/mol. The van der Waals surface area contributed by atoms with E-state index in [-0.39, 0.29) is 10.9 Å². The zero-order valence-electron chi connectivity index (χ0n) is 3.99. The van der Waals surface area contributed by atoms with Crippen LogP contribution in [0.15, 0.2) is 23.7 Å². The Balaban J connectivity index is 2.89. The number of allylic oxidation sites excluding steroid dienone is 3. The highest BCUT2D eigenvalue weighted by Crippen LogP contribution is 1.97. The summed E-state index contributed by atoms with van der Waals surface area (Å²) in [6.07, 6.45) is 3.89. The van der Waals surface area contributed by atoms with Gasteiger partial charge < -0.3 is 0 Å². The van der Waals surface area contributed by atoms with Crippen LogP contribution in [0.25, 0.3) is 0 Å². The highest BCUT2D eigenvalue weighted by atomic mass is 28.2. The van der Waals surface area contributed by atoms with Crippen LogP contribution in [0.3, 0.4) is 0 Å². The van der Waals surface area contributed by atoms with Gasteiger partial charge in [-0.25, -0.2) is 8.78 Å². The van der Waals surface area contributed by atoms with Crippen molar-refractivity contribution in [2.45, 2.75) is 0 Å². The Morgan fingerprint density at radius 2 is 2.12 bits per heavy atom. The number of halogens is 2. The second-order valence-corrected chi connectivity index (χ2v) is 2.55. The average molecular weight is 129 g/mol. The fourth-order valence-electron chi connectivity index (χ4n) is 0.414. The Hall–Kier alpha value is -0.573. The van der Waals surface area contributed by atoms with E-state index in [9.17, 15) is 8.78 Å². The third-order valence-electron chi connectivity index (χ3n) is 0.724. The van der Waals surface area contributed by atoms with Crippen molar-refractivity contribution in [2.75, 3.05) is 0 Å². The number of rotatable bonds is 0. The van der Waals surface area contributed by atoms with Gasteiger partial charge in [0.25, 0.3) is 0 Å². The molecule has 0 amide bonds. The standard InChI is InChI=1S/C5H3F2Si/c6-4-2-1-3-5(7)8-4/h1-3H. The molecule has 0 atom stereocenters. The van der Waals surface area contributed by atoms with Crippen LogP contribution in [0, 0.1) is 0 Å². The average Bonchev–Trinajstić information content (AvgIpc) is 1.64. The molecule has 0 aliphatic carbocycles. The van der Waals surface area contributed by atoms with Crippen LogP contribution in [-0.2, 0) is 0 Å². The van der Waals surface area contributed by atoms with Crippen LogP contribution >= 0.6 is 0 Å². The maximum absolute atomic E-state index is 12.0. The first kappa shape index (κ1) is 5.56. The molecule has 0 unspecified atom stereocenters. The van der Waals surface area contributed by atoms with Crippen molar-refractivity contribution in [3.05, 3.63) is 23.7 Å². The van der Waals surface area contributed by atoms with Crippen LogP contribution in [-0.4, -0.2) is 14.6 Å². The lowest BCUT2D eigenvalue weighted by atomic mass is 10.5. The minimum absolute atomic E-state index is 0.384. The molecule has 0 spiro atoms. The largest absolute Gasteiger partial charge is 0.213 e. The molecule has 3 heteroatoms. The summed E-state index contributed by atoms with van der Waals surface area (Å²) in [5.41, 5.74) is -0.769. The minimum atomic E-state index is -0.393. The summed E-state index contributed by atoms with van der Waals surface area (Å²) in [7, 11) is -0.393. The van der Waals surface area contributed by atoms with E-state index in [1.54, 1.807) is 0 Å². The molecule has 0 nitrogen and oxygen atoms in total. The van der Waals surface area contributed by atoms with Gasteiger partial charge in [0, 0.05) is 0 Å². The maximum atomic E-state index is 12.0. The Morgan fingerprint density at radius 3 is 2.50 bits per heavy atom. The lowest BCUT2D eigenvalue weighted by Crippen LogP contribution is -1.95. The van der Waals surface area contributed by atoms with Gasteiger partial charge in [0.1, 0.15) is 20.0 Å². The minimum Gasteiger partial charge on any atom is -0.213 e. The van der Waals surface area contributed by atoms with Crippen molar-refractivity contribution in [3.8, 4) is 0 Å². The van der Waals surface area contributed by atoms with Gasteiger partial charge in [0.2, 0.25) is 0 Å². The van der Waals surface area contributed by atoms with E-state index in [0.29, 0.717) is 0 Å². The molecule has 0 aromatic heterocycles. The molecule has 0 aromatic carbocycles. The second-order valence-electron chi connectivity index (χ2n) is 1.35. The second kappa shape index (κ2) is 2.13. The highest BCUT2D eigenvalue weighted by Gasteiger charge is 1.96. The summed E-state index contributed by atoms with van der Waals surface area (Å²) in [5.74, 6) is 0. The molecule has 0 bridgehead atoms. The first-order valence-electron chi connectivity index (χ1n) is 2.12. The third kappa shape index (κ3) is 1.20. The van der Waals surface area contributed by atoms with Gasteiger partial charge in [-0.15, -0.1) is 0 Å². The molecule has 0 aromatic rings. The Bertz CT molecular complexity index is 176. The molecule has 1 aliphatic rings. The zero-order valence-corrected chi connectivity index (χ0v) is 4.99. The summed E-state index contributed by atoms with van der Waals surface area (Å²) in [6, 6.07) is 0. The molecule has 8 heavy (non-hydrogen) atoms. The van der Waals surface area contributed by atoms with E-state index >= 15 is 0 Å². The summed E-state index contributed by atoms with van der Waals surface area (Å²) >= 11 is 0. The topological polar surface area (TPSA) is 0 Å². The van der Waals surface area contributed by atoms with Crippen LogP contribution in [0.4, 0.5) is 8.78 Å². The van der Waals surface area contributed by atoms with Gasteiger partial charge in [-0.1, -0.05) is 6.08 Å². The molecule has 41 valence electrons. The van der Waals surface area contributed by atoms with Crippen LogP contribution in [0.1, 0.15) is 0 Å². The smallest absolute Gasteiger partial charge is 0.147 e. The van der Waals surface area contributed by atoms with Gasteiger partial charge in [-0.3, -0.25) is 0 Å². The third-order valence-corrected chi connectivity index (χ3v) is 1.53. The maximum Gasteiger partial charge on any atom is 0.147 e. The normalized spacial score (nSPS) is 17.8. The Morgan fingerprint density at radius 1 is 1.38 bits per heavy atom. The van der Waals surface area contributed by atoms with Crippen LogP contribution in [0.5, 0.6) is 0 Å². The van der Waals surface area contributed by atoms with E-state index in [4.69, 9.17) is 0 Å². The van der Waals surface area contributed by atoms with Crippen molar-refractivity contribution in [1.29, 1.82) is 0 Å². The SMILES string of the molecule is FC1=CC=CC(F)=[Si]1.